The number of hydrogen-bond acceptors (Lipinski definition) is 9. The Hall–Kier alpha value is -4.74. The van der Waals surface area contributed by atoms with Crippen LogP contribution in [0, 0.1) is 5.82 Å². The highest BCUT2D eigenvalue weighted by Crippen LogP contribution is 2.32. The molecule has 5 aromatic rings. The van der Waals surface area contributed by atoms with Crippen LogP contribution in [0.1, 0.15) is 21.6 Å². The summed E-state index contributed by atoms with van der Waals surface area (Å²) in [4.78, 5) is 20.8. The van der Waals surface area contributed by atoms with E-state index in [1.54, 1.807) is 35.0 Å². The van der Waals surface area contributed by atoms with Gasteiger partial charge in [-0.05, 0) is 24.3 Å². The van der Waals surface area contributed by atoms with Gasteiger partial charge in [-0.15, -0.1) is 10.2 Å². The molecule has 0 spiro atoms. The predicted octanol–water partition coefficient (Wildman–Crippen LogP) is 2.62. The van der Waals surface area contributed by atoms with Crippen LogP contribution in [0.3, 0.4) is 0 Å². The number of aromatic hydroxyl groups is 1. The van der Waals surface area contributed by atoms with E-state index < -0.39 is 11.8 Å². The van der Waals surface area contributed by atoms with Gasteiger partial charge in [0.1, 0.15) is 23.5 Å². The van der Waals surface area contributed by atoms with E-state index in [0.29, 0.717) is 52.7 Å². The summed E-state index contributed by atoms with van der Waals surface area (Å²) in [6.45, 7) is 0.727. The number of benzene rings is 1. The van der Waals surface area contributed by atoms with Crippen molar-refractivity contribution in [1.82, 2.24) is 29.0 Å². The summed E-state index contributed by atoms with van der Waals surface area (Å²) in [7, 11) is 1.23. The molecule has 1 aromatic carbocycles. The number of methoxy groups -OCH3 is 1. The van der Waals surface area contributed by atoms with Crippen LogP contribution in [0.4, 0.5) is 10.3 Å². The van der Waals surface area contributed by atoms with Crippen LogP contribution in [0.5, 0.6) is 11.6 Å². The first-order chi connectivity index (χ1) is 17.1. The van der Waals surface area contributed by atoms with Gasteiger partial charge in [0, 0.05) is 47.6 Å². The Bertz CT molecular complexity index is 1630. The Morgan fingerprint density at radius 3 is 3.00 bits per heavy atom. The fourth-order valence-corrected chi connectivity index (χ4v) is 4.37. The SMILES string of the molecule is COC(=O)c1c(O)nc2c(-c3cnc(NCc4c(F)ccc5c4CCO5)n4cnnc34)cccn12. The van der Waals surface area contributed by atoms with Crippen molar-refractivity contribution < 1.29 is 23.8 Å². The minimum absolute atomic E-state index is 0.0884. The van der Waals surface area contributed by atoms with Crippen molar-refractivity contribution in [2.75, 3.05) is 19.0 Å². The quantitative estimate of drug-likeness (QED) is 0.369. The van der Waals surface area contributed by atoms with Crippen molar-refractivity contribution in [3.8, 4) is 22.8 Å². The van der Waals surface area contributed by atoms with Crippen molar-refractivity contribution in [2.45, 2.75) is 13.0 Å². The third-order valence-electron chi connectivity index (χ3n) is 6.00. The minimum atomic E-state index is -0.720. The molecule has 0 amide bonds. The van der Waals surface area contributed by atoms with Gasteiger partial charge in [0.2, 0.25) is 11.8 Å². The van der Waals surface area contributed by atoms with Crippen LogP contribution in [0.15, 0.2) is 43.0 Å². The lowest BCUT2D eigenvalue weighted by Crippen LogP contribution is -2.10. The van der Waals surface area contributed by atoms with Crippen molar-refractivity contribution in [1.29, 1.82) is 0 Å². The zero-order chi connectivity index (χ0) is 24.1. The van der Waals surface area contributed by atoms with E-state index in [1.165, 1.54) is 23.9 Å². The maximum Gasteiger partial charge on any atom is 0.360 e. The Morgan fingerprint density at radius 1 is 1.26 bits per heavy atom. The molecule has 0 bridgehead atoms. The van der Waals surface area contributed by atoms with Crippen LogP contribution in [-0.4, -0.2) is 53.8 Å². The van der Waals surface area contributed by atoms with Crippen LogP contribution in [0.25, 0.3) is 22.4 Å². The zero-order valence-corrected chi connectivity index (χ0v) is 18.4. The molecule has 2 N–H and O–H groups in total. The highest BCUT2D eigenvalue weighted by atomic mass is 19.1. The van der Waals surface area contributed by atoms with Crippen molar-refractivity contribution in [2.24, 2.45) is 0 Å². The first-order valence-electron chi connectivity index (χ1n) is 10.7. The van der Waals surface area contributed by atoms with Gasteiger partial charge in [-0.2, -0.15) is 4.98 Å². The lowest BCUT2D eigenvalue weighted by atomic mass is 10.0. The molecule has 0 unspecified atom stereocenters. The van der Waals surface area contributed by atoms with Crippen molar-refractivity contribution >= 4 is 23.2 Å². The predicted molar refractivity (Wildman–Crippen MR) is 121 cm³/mol. The topological polar surface area (TPSA) is 128 Å². The highest BCUT2D eigenvalue weighted by Gasteiger charge is 2.24. The van der Waals surface area contributed by atoms with Crippen LogP contribution in [-0.2, 0) is 17.7 Å². The standard InChI is InChI=1S/C23H18FN7O4/c1-34-22(33)18-21(32)28-19-13(3-2-7-30(18)19)15-10-26-23(31-11-27-29-20(15)31)25-9-14-12-6-8-35-17(12)5-4-16(14)24/h2-5,7,10-11,32H,6,8-9H2,1H3,(H,25,26). The molecule has 0 fully saturated rings. The Morgan fingerprint density at radius 2 is 2.14 bits per heavy atom. The minimum Gasteiger partial charge on any atom is -0.493 e. The largest absolute Gasteiger partial charge is 0.493 e. The Kier molecular flexibility index (Phi) is 4.73. The number of pyridine rings is 1. The summed E-state index contributed by atoms with van der Waals surface area (Å²) < 4.78 is 27.9. The number of carbonyl (C=O) groups excluding carboxylic acids is 1. The van der Waals surface area contributed by atoms with E-state index in [9.17, 15) is 14.3 Å². The molecule has 5 heterocycles. The van der Waals surface area contributed by atoms with E-state index in [0.717, 1.165) is 5.56 Å². The monoisotopic (exact) mass is 475 g/mol. The van der Waals surface area contributed by atoms with Crippen molar-refractivity contribution in [3.63, 3.8) is 0 Å². The maximum atomic E-state index is 14.5. The van der Waals surface area contributed by atoms with Gasteiger partial charge >= 0.3 is 5.97 Å². The molecule has 4 aromatic heterocycles. The average molecular weight is 475 g/mol. The van der Waals surface area contributed by atoms with E-state index in [1.807, 2.05) is 0 Å². The zero-order valence-electron chi connectivity index (χ0n) is 18.4. The number of nitrogens with zero attached hydrogens (tertiary/aromatic N) is 6. The maximum absolute atomic E-state index is 14.5. The smallest absolute Gasteiger partial charge is 0.360 e. The third kappa shape index (κ3) is 3.21. The molecule has 1 aliphatic heterocycles. The fourth-order valence-electron chi connectivity index (χ4n) is 4.37. The molecule has 1 aliphatic rings. The number of carbonyl (C=O) groups is 1. The highest BCUT2D eigenvalue weighted by molar-refractivity contribution is 5.94. The molecule has 6 rings (SSSR count). The normalized spacial score (nSPS) is 12.6. The lowest BCUT2D eigenvalue weighted by molar-refractivity contribution is 0.0589. The second-order valence-corrected chi connectivity index (χ2v) is 7.87. The molecule has 0 radical (unpaired) electrons. The fraction of sp³-hybridized carbons (Fsp3) is 0.174. The van der Waals surface area contributed by atoms with E-state index >= 15 is 0 Å². The van der Waals surface area contributed by atoms with Gasteiger partial charge in [-0.25, -0.2) is 14.2 Å². The van der Waals surface area contributed by atoms with Crippen molar-refractivity contribution in [3.05, 3.63) is 65.6 Å². The molecule has 0 saturated carbocycles. The lowest BCUT2D eigenvalue weighted by Gasteiger charge is -2.13. The van der Waals surface area contributed by atoms with Gasteiger partial charge in [0.05, 0.1) is 13.7 Å². The number of halogens is 1. The molecule has 11 nitrogen and oxygen atoms in total. The summed E-state index contributed by atoms with van der Waals surface area (Å²) in [6, 6.07) is 6.51. The van der Waals surface area contributed by atoms with Gasteiger partial charge in [-0.1, -0.05) is 0 Å². The molecule has 0 aliphatic carbocycles. The number of hydrogen-bond donors (Lipinski definition) is 2. The molecule has 0 atom stereocenters. The van der Waals surface area contributed by atoms with Crippen LogP contribution >= 0.6 is 0 Å². The van der Waals surface area contributed by atoms with E-state index in [4.69, 9.17) is 9.47 Å². The van der Waals surface area contributed by atoms with Gasteiger partial charge < -0.3 is 19.9 Å². The molecular formula is C23H18FN7O4. The number of rotatable bonds is 5. The number of imidazole rings is 1. The van der Waals surface area contributed by atoms with E-state index in [2.05, 4.69) is 25.5 Å². The summed E-state index contributed by atoms with van der Waals surface area (Å²) in [5, 5.41) is 21.7. The number of anilines is 1. The van der Waals surface area contributed by atoms with Crippen LogP contribution in [0.2, 0.25) is 0 Å². The summed E-state index contributed by atoms with van der Waals surface area (Å²) in [6.07, 6.45) is 5.32. The average Bonchev–Trinajstić information content (AvgIpc) is 3.60. The Balaban J connectivity index is 1.41. The third-order valence-corrected chi connectivity index (χ3v) is 6.00. The molecule has 12 heteroatoms. The number of aromatic nitrogens is 6. The number of fused-ring (bicyclic) bond motifs is 3. The van der Waals surface area contributed by atoms with Gasteiger partial charge in [-0.3, -0.25) is 8.80 Å². The first kappa shape index (κ1) is 20.8. The van der Waals surface area contributed by atoms with Crippen LogP contribution < -0.4 is 10.1 Å². The molecule has 176 valence electrons. The van der Waals surface area contributed by atoms with E-state index in [-0.39, 0.29) is 18.1 Å². The summed E-state index contributed by atoms with van der Waals surface area (Å²) in [5.74, 6) is -0.371. The summed E-state index contributed by atoms with van der Waals surface area (Å²) >= 11 is 0. The second kappa shape index (κ2) is 7.94. The number of esters is 1. The molecular weight excluding hydrogens is 457 g/mol. The number of ether oxygens (including phenoxy) is 2. The Labute approximate surface area is 196 Å². The first-order valence-corrected chi connectivity index (χ1v) is 10.7. The molecule has 35 heavy (non-hydrogen) atoms. The number of nitrogens with one attached hydrogen (secondary N) is 1. The molecule has 0 saturated heterocycles. The van der Waals surface area contributed by atoms with Gasteiger partial charge in [0.15, 0.2) is 11.3 Å². The second-order valence-electron chi connectivity index (χ2n) is 7.87. The van der Waals surface area contributed by atoms with Gasteiger partial charge in [0.25, 0.3) is 0 Å². The summed E-state index contributed by atoms with van der Waals surface area (Å²) in [5.41, 5.74) is 3.20.